The van der Waals surface area contributed by atoms with Gasteiger partial charge in [0, 0.05) is 25.2 Å². The van der Waals surface area contributed by atoms with Gasteiger partial charge >= 0.3 is 12.1 Å². The second kappa shape index (κ2) is 8.40. The van der Waals surface area contributed by atoms with Crippen molar-refractivity contribution >= 4 is 23.1 Å². The van der Waals surface area contributed by atoms with E-state index in [0.717, 1.165) is 0 Å². The van der Waals surface area contributed by atoms with Crippen LogP contribution in [0.3, 0.4) is 0 Å². The third-order valence-electron chi connectivity index (χ3n) is 5.18. The van der Waals surface area contributed by atoms with Crippen LogP contribution in [-0.2, 0) is 22.3 Å². The molecule has 1 saturated heterocycles. The van der Waals surface area contributed by atoms with Gasteiger partial charge in [0.2, 0.25) is 0 Å². The molecule has 4 rings (SSSR count). The van der Waals surface area contributed by atoms with Gasteiger partial charge in [0.05, 0.1) is 10.8 Å². The van der Waals surface area contributed by atoms with Gasteiger partial charge in [0.25, 0.3) is 11.5 Å². The molecular formula is C19H17F3N6O4. The van der Waals surface area contributed by atoms with Crippen molar-refractivity contribution in [3.63, 3.8) is 0 Å². The average molecular weight is 450 g/mol. The molecule has 2 aromatic heterocycles. The number of carbonyl (C=O) groups is 1. The summed E-state index contributed by atoms with van der Waals surface area (Å²) in [5.41, 5.74) is 0.576. The molecule has 1 fully saturated rings. The van der Waals surface area contributed by atoms with Gasteiger partial charge in [-0.1, -0.05) is 0 Å². The minimum Gasteiger partial charge on any atom is -0.461 e. The molecule has 0 bridgehead atoms. The van der Waals surface area contributed by atoms with Gasteiger partial charge in [-0.25, -0.2) is 0 Å². The Bertz CT molecular complexity index is 1140. The summed E-state index contributed by atoms with van der Waals surface area (Å²) in [5, 5.41) is 21.3. The third kappa shape index (κ3) is 4.45. The smallest absolute Gasteiger partial charge is 0.453 e. The number of anilines is 1. The topological polar surface area (TPSA) is 116 Å². The Balaban J connectivity index is 1.34. The number of nitrogens with zero attached hydrogens (tertiary/aromatic N) is 6. The van der Waals surface area contributed by atoms with Gasteiger partial charge in [0.1, 0.15) is 12.4 Å². The molecule has 0 N–H and O–H groups in total. The Morgan fingerprint density at radius 1 is 1.12 bits per heavy atom. The molecule has 3 heterocycles. The van der Waals surface area contributed by atoms with Crippen molar-refractivity contribution < 1.29 is 27.6 Å². The lowest BCUT2D eigenvalue weighted by Crippen LogP contribution is -2.37. The van der Waals surface area contributed by atoms with Crippen LogP contribution in [0.5, 0.6) is 0 Å². The van der Waals surface area contributed by atoms with E-state index in [1.807, 2.05) is 0 Å². The van der Waals surface area contributed by atoms with E-state index in [1.54, 1.807) is 11.0 Å². The van der Waals surface area contributed by atoms with Crippen molar-refractivity contribution in [1.82, 2.24) is 19.8 Å². The SMILES string of the molecule is O=C(OCc1ccc([N+](=O)[O-])cc1)C1CCN(c2ccc3nnc(C(F)(F)F)n3n2)CC1. The number of carbonyl (C=O) groups excluding carboxylic acids is 1. The molecule has 0 unspecified atom stereocenters. The number of rotatable bonds is 5. The van der Waals surface area contributed by atoms with E-state index in [-0.39, 0.29) is 29.8 Å². The van der Waals surface area contributed by atoms with E-state index < -0.39 is 16.9 Å². The molecule has 168 valence electrons. The maximum atomic E-state index is 13.1. The van der Waals surface area contributed by atoms with Crippen LogP contribution in [-0.4, -0.2) is 43.8 Å². The first-order valence-electron chi connectivity index (χ1n) is 9.67. The standard InChI is InChI=1S/C19H17F3N6O4/c20-19(21,22)18-24-23-15-5-6-16(25-27(15)18)26-9-7-13(8-10-26)17(29)32-11-12-1-3-14(4-2-12)28(30)31/h1-6,13H,7-11H2. The normalized spacial score (nSPS) is 15.2. The molecule has 1 aliphatic rings. The Labute approximate surface area is 178 Å². The highest BCUT2D eigenvalue weighted by molar-refractivity contribution is 5.73. The third-order valence-corrected chi connectivity index (χ3v) is 5.18. The minimum atomic E-state index is -4.68. The number of nitro benzene ring substituents is 1. The number of nitro groups is 1. The summed E-state index contributed by atoms with van der Waals surface area (Å²) in [7, 11) is 0. The largest absolute Gasteiger partial charge is 0.461 e. The van der Waals surface area contributed by atoms with Crippen LogP contribution in [0.15, 0.2) is 36.4 Å². The van der Waals surface area contributed by atoms with Crippen LogP contribution in [0, 0.1) is 16.0 Å². The quantitative estimate of drug-likeness (QED) is 0.331. The van der Waals surface area contributed by atoms with Crippen LogP contribution < -0.4 is 4.90 Å². The number of ether oxygens (including phenoxy) is 1. The lowest BCUT2D eigenvalue weighted by atomic mass is 9.97. The second-order valence-corrected chi connectivity index (χ2v) is 7.28. The number of hydrogen-bond acceptors (Lipinski definition) is 8. The predicted octanol–water partition coefficient (Wildman–Crippen LogP) is 3.01. The summed E-state index contributed by atoms with van der Waals surface area (Å²) in [6.45, 7) is 0.835. The summed E-state index contributed by atoms with van der Waals surface area (Å²) in [5.74, 6) is -1.60. The molecule has 0 atom stereocenters. The Hall–Kier alpha value is -3.77. The van der Waals surface area contributed by atoms with Crippen LogP contribution in [0.25, 0.3) is 5.65 Å². The molecule has 0 saturated carbocycles. The van der Waals surface area contributed by atoms with Gasteiger partial charge in [-0.2, -0.15) is 17.7 Å². The number of piperidine rings is 1. The molecule has 13 heteroatoms. The Morgan fingerprint density at radius 2 is 1.81 bits per heavy atom. The fraction of sp³-hybridized carbons (Fsp3) is 0.368. The summed E-state index contributed by atoms with van der Waals surface area (Å²) in [6.07, 6.45) is -3.77. The van der Waals surface area contributed by atoms with Crippen molar-refractivity contribution in [3.05, 3.63) is 57.9 Å². The highest BCUT2D eigenvalue weighted by atomic mass is 19.4. The second-order valence-electron chi connectivity index (χ2n) is 7.28. The zero-order valence-electron chi connectivity index (χ0n) is 16.5. The molecule has 0 aliphatic carbocycles. The summed E-state index contributed by atoms with van der Waals surface area (Å²) < 4.78 is 45.2. The van der Waals surface area contributed by atoms with Crippen molar-refractivity contribution in [2.24, 2.45) is 5.92 Å². The molecule has 10 nitrogen and oxygen atoms in total. The highest BCUT2D eigenvalue weighted by Gasteiger charge is 2.38. The monoisotopic (exact) mass is 450 g/mol. The van der Waals surface area contributed by atoms with E-state index >= 15 is 0 Å². The van der Waals surface area contributed by atoms with Crippen molar-refractivity contribution in [3.8, 4) is 0 Å². The van der Waals surface area contributed by atoms with Gasteiger partial charge in [0.15, 0.2) is 5.65 Å². The first kappa shape index (κ1) is 21.5. The summed E-state index contributed by atoms with van der Waals surface area (Å²) in [6, 6.07) is 8.70. The number of aromatic nitrogens is 4. The Morgan fingerprint density at radius 3 is 2.44 bits per heavy atom. The molecule has 0 amide bonds. The lowest BCUT2D eigenvalue weighted by Gasteiger charge is -2.31. The predicted molar refractivity (Wildman–Crippen MR) is 104 cm³/mol. The number of non-ortho nitro benzene ring substituents is 1. The maximum Gasteiger partial charge on any atom is 0.453 e. The summed E-state index contributed by atoms with van der Waals surface area (Å²) >= 11 is 0. The molecule has 1 aliphatic heterocycles. The van der Waals surface area contributed by atoms with Gasteiger partial charge < -0.3 is 9.64 Å². The molecule has 3 aromatic rings. The molecular weight excluding hydrogens is 433 g/mol. The first-order chi connectivity index (χ1) is 15.2. The fourth-order valence-electron chi connectivity index (χ4n) is 3.46. The number of benzene rings is 1. The van der Waals surface area contributed by atoms with Crippen LogP contribution in [0.1, 0.15) is 24.2 Å². The zero-order valence-corrected chi connectivity index (χ0v) is 16.5. The van der Waals surface area contributed by atoms with E-state index in [4.69, 9.17) is 4.74 Å². The number of hydrogen-bond donors (Lipinski definition) is 0. The number of esters is 1. The Kier molecular flexibility index (Phi) is 5.63. The van der Waals surface area contributed by atoms with E-state index in [0.29, 0.717) is 41.8 Å². The van der Waals surface area contributed by atoms with E-state index in [2.05, 4.69) is 15.3 Å². The van der Waals surface area contributed by atoms with E-state index in [1.165, 1.54) is 30.3 Å². The number of alkyl halides is 3. The summed E-state index contributed by atoms with van der Waals surface area (Å²) in [4.78, 5) is 24.3. The van der Waals surface area contributed by atoms with Crippen LogP contribution in [0.2, 0.25) is 0 Å². The van der Waals surface area contributed by atoms with Crippen LogP contribution >= 0.6 is 0 Å². The van der Waals surface area contributed by atoms with Crippen molar-refractivity contribution in [1.29, 1.82) is 0 Å². The maximum absolute atomic E-state index is 13.1. The van der Waals surface area contributed by atoms with Gasteiger partial charge in [-0.15, -0.1) is 15.3 Å². The molecule has 32 heavy (non-hydrogen) atoms. The van der Waals surface area contributed by atoms with E-state index in [9.17, 15) is 28.1 Å². The molecule has 1 aromatic carbocycles. The molecule has 0 radical (unpaired) electrons. The highest BCUT2D eigenvalue weighted by Crippen LogP contribution is 2.29. The van der Waals surface area contributed by atoms with Gasteiger partial charge in [-0.05, 0) is 42.7 Å². The van der Waals surface area contributed by atoms with Crippen LogP contribution in [0.4, 0.5) is 24.7 Å². The number of halogens is 3. The fourth-order valence-corrected chi connectivity index (χ4v) is 3.46. The first-order valence-corrected chi connectivity index (χ1v) is 9.67. The van der Waals surface area contributed by atoms with Gasteiger partial charge in [-0.3, -0.25) is 14.9 Å². The van der Waals surface area contributed by atoms with Crippen molar-refractivity contribution in [2.75, 3.05) is 18.0 Å². The van der Waals surface area contributed by atoms with Crippen molar-refractivity contribution in [2.45, 2.75) is 25.6 Å². The number of fused-ring (bicyclic) bond motifs is 1. The zero-order chi connectivity index (χ0) is 22.9. The minimum absolute atomic E-state index is 0.00309. The molecule has 0 spiro atoms. The lowest BCUT2D eigenvalue weighted by molar-refractivity contribution is -0.384. The average Bonchev–Trinajstić information content (AvgIpc) is 3.22.